The molecule has 2 heterocycles. The van der Waals surface area contributed by atoms with Crippen molar-refractivity contribution in [1.29, 1.82) is 0 Å². The number of benzene rings is 1. The van der Waals surface area contributed by atoms with Crippen LogP contribution in [0.25, 0.3) is 0 Å². The van der Waals surface area contributed by atoms with E-state index in [4.69, 9.17) is 10.8 Å². The number of hydrogen-bond acceptors (Lipinski definition) is 4. The molecule has 1 aromatic carbocycles. The van der Waals surface area contributed by atoms with Crippen LogP contribution in [0.5, 0.6) is 0 Å². The fraction of sp³-hybridized carbons (Fsp3) is 0.333. The smallest absolute Gasteiger partial charge is 0.0843 e. The standard InChI is InChI=1S/C18H22N4/c1-13-5-3-7-17(14(13)2)22-18(11-16(21-22)8-9-19)15-6-4-10-20-12-15/h3-7,10,12,18H,8-9,11,19H2,1-2H3. The van der Waals surface area contributed by atoms with E-state index in [-0.39, 0.29) is 6.04 Å². The van der Waals surface area contributed by atoms with Crippen molar-refractivity contribution in [2.45, 2.75) is 32.7 Å². The number of anilines is 1. The number of hydrogen-bond donors (Lipinski definition) is 1. The van der Waals surface area contributed by atoms with E-state index in [1.165, 1.54) is 22.4 Å². The Hall–Kier alpha value is -2.20. The number of rotatable bonds is 4. The van der Waals surface area contributed by atoms with Crippen molar-refractivity contribution in [3.8, 4) is 0 Å². The highest BCUT2D eigenvalue weighted by molar-refractivity contribution is 5.89. The van der Waals surface area contributed by atoms with Crippen molar-refractivity contribution in [3.63, 3.8) is 0 Å². The van der Waals surface area contributed by atoms with E-state index in [1.807, 2.05) is 18.5 Å². The molecule has 1 aliphatic rings. The average Bonchev–Trinajstić information content (AvgIpc) is 2.95. The normalized spacial score (nSPS) is 17.7. The van der Waals surface area contributed by atoms with E-state index >= 15 is 0 Å². The molecule has 4 heteroatoms. The summed E-state index contributed by atoms with van der Waals surface area (Å²) >= 11 is 0. The molecule has 0 fully saturated rings. The summed E-state index contributed by atoms with van der Waals surface area (Å²) in [5.41, 5.74) is 11.8. The highest BCUT2D eigenvalue weighted by Crippen LogP contribution is 2.37. The maximum atomic E-state index is 5.72. The lowest BCUT2D eigenvalue weighted by Crippen LogP contribution is -2.19. The number of nitrogens with zero attached hydrogens (tertiary/aromatic N) is 3. The third kappa shape index (κ3) is 2.74. The van der Waals surface area contributed by atoms with Crippen molar-refractivity contribution < 1.29 is 0 Å². The third-order valence-electron chi connectivity index (χ3n) is 4.30. The van der Waals surface area contributed by atoms with Gasteiger partial charge in [-0.3, -0.25) is 9.99 Å². The molecule has 22 heavy (non-hydrogen) atoms. The van der Waals surface area contributed by atoms with Crippen LogP contribution in [-0.2, 0) is 0 Å². The number of aryl methyl sites for hydroxylation is 1. The molecule has 1 atom stereocenters. The highest BCUT2D eigenvalue weighted by Gasteiger charge is 2.29. The number of nitrogens with two attached hydrogens (primary N) is 1. The molecule has 2 aromatic rings. The van der Waals surface area contributed by atoms with Crippen LogP contribution < -0.4 is 10.7 Å². The summed E-state index contributed by atoms with van der Waals surface area (Å²) in [6.45, 7) is 4.93. The summed E-state index contributed by atoms with van der Waals surface area (Å²) in [4.78, 5) is 4.27. The predicted molar refractivity (Wildman–Crippen MR) is 91.1 cm³/mol. The fourth-order valence-corrected chi connectivity index (χ4v) is 2.93. The average molecular weight is 294 g/mol. The minimum atomic E-state index is 0.204. The van der Waals surface area contributed by atoms with E-state index in [1.54, 1.807) is 0 Å². The van der Waals surface area contributed by atoms with E-state index in [0.717, 1.165) is 18.6 Å². The van der Waals surface area contributed by atoms with Crippen molar-refractivity contribution >= 4 is 11.4 Å². The van der Waals surface area contributed by atoms with Gasteiger partial charge in [0.1, 0.15) is 0 Å². The van der Waals surface area contributed by atoms with Crippen LogP contribution in [0.1, 0.15) is 35.6 Å². The number of hydrazone groups is 1. The molecule has 1 unspecified atom stereocenters. The Balaban J connectivity index is 2.02. The van der Waals surface area contributed by atoms with Crippen LogP contribution in [0.4, 0.5) is 5.69 Å². The van der Waals surface area contributed by atoms with Gasteiger partial charge in [-0.2, -0.15) is 5.10 Å². The van der Waals surface area contributed by atoms with Crippen molar-refractivity contribution in [2.24, 2.45) is 10.8 Å². The van der Waals surface area contributed by atoms with E-state index in [9.17, 15) is 0 Å². The Morgan fingerprint density at radius 3 is 2.82 bits per heavy atom. The first kappa shape index (κ1) is 14.7. The second-order valence-electron chi connectivity index (χ2n) is 5.77. The summed E-state index contributed by atoms with van der Waals surface area (Å²) in [7, 11) is 0. The van der Waals surface area contributed by atoms with E-state index in [0.29, 0.717) is 6.54 Å². The van der Waals surface area contributed by atoms with Crippen LogP contribution in [0.2, 0.25) is 0 Å². The van der Waals surface area contributed by atoms with E-state index in [2.05, 4.69) is 48.1 Å². The van der Waals surface area contributed by atoms with Gasteiger partial charge < -0.3 is 5.73 Å². The monoisotopic (exact) mass is 294 g/mol. The van der Waals surface area contributed by atoms with Crippen molar-refractivity contribution in [1.82, 2.24) is 4.98 Å². The summed E-state index contributed by atoms with van der Waals surface area (Å²) in [5, 5.41) is 6.99. The van der Waals surface area contributed by atoms with Crippen molar-refractivity contribution in [3.05, 3.63) is 59.4 Å². The van der Waals surface area contributed by atoms with Crippen LogP contribution >= 0.6 is 0 Å². The molecule has 0 amide bonds. The van der Waals surface area contributed by atoms with Gasteiger partial charge in [0.2, 0.25) is 0 Å². The Bertz CT molecular complexity index is 679. The lowest BCUT2D eigenvalue weighted by molar-refractivity contribution is 0.702. The minimum Gasteiger partial charge on any atom is -0.330 e. The second-order valence-corrected chi connectivity index (χ2v) is 5.77. The molecule has 0 spiro atoms. The van der Waals surface area contributed by atoms with Gasteiger partial charge in [0.25, 0.3) is 0 Å². The van der Waals surface area contributed by atoms with Gasteiger partial charge in [0, 0.05) is 24.5 Å². The highest BCUT2D eigenvalue weighted by atomic mass is 15.5. The largest absolute Gasteiger partial charge is 0.330 e. The van der Waals surface area contributed by atoms with Crippen LogP contribution in [0.15, 0.2) is 47.8 Å². The van der Waals surface area contributed by atoms with Gasteiger partial charge in [0.15, 0.2) is 0 Å². The van der Waals surface area contributed by atoms with Crippen LogP contribution in [-0.4, -0.2) is 17.2 Å². The van der Waals surface area contributed by atoms with Gasteiger partial charge in [-0.25, -0.2) is 0 Å². The van der Waals surface area contributed by atoms with Gasteiger partial charge in [0.05, 0.1) is 11.7 Å². The molecular formula is C18H22N4. The van der Waals surface area contributed by atoms with Gasteiger partial charge in [-0.15, -0.1) is 0 Å². The molecule has 114 valence electrons. The zero-order chi connectivity index (χ0) is 15.5. The minimum absolute atomic E-state index is 0.204. The summed E-state index contributed by atoms with van der Waals surface area (Å²) < 4.78 is 0. The summed E-state index contributed by atoms with van der Waals surface area (Å²) in [6, 6.07) is 10.7. The van der Waals surface area contributed by atoms with Crippen LogP contribution in [0.3, 0.4) is 0 Å². The molecule has 0 aliphatic carbocycles. The quantitative estimate of drug-likeness (QED) is 0.940. The summed E-state index contributed by atoms with van der Waals surface area (Å²) in [5.74, 6) is 0. The lowest BCUT2D eigenvalue weighted by atomic mass is 10.0. The molecule has 0 bridgehead atoms. The maximum absolute atomic E-state index is 5.72. The topological polar surface area (TPSA) is 54.5 Å². The van der Waals surface area contributed by atoms with Gasteiger partial charge in [-0.1, -0.05) is 18.2 Å². The second kappa shape index (κ2) is 6.28. The Labute approximate surface area is 131 Å². The Morgan fingerprint density at radius 2 is 2.09 bits per heavy atom. The fourth-order valence-electron chi connectivity index (χ4n) is 2.93. The first-order valence-electron chi connectivity index (χ1n) is 7.72. The third-order valence-corrected chi connectivity index (χ3v) is 4.30. The van der Waals surface area contributed by atoms with Crippen molar-refractivity contribution in [2.75, 3.05) is 11.6 Å². The molecule has 0 saturated heterocycles. The molecule has 1 aromatic heterocycles. The van der Waals surface area contributed by atoms with E-state index < -0.39 is 0 Å². The molecule has 4 nitrogen and oxygen atoms in total. The SMILES string of the molecule is Cc1cccc(N2N=C(CCN)CC2c2cccnc2)c1C. The van der Waals surface area contributed by atoms with Crippen LogP contribution in [0, 0.1) is 13.8 Å². The Morgan fingerprint density at radius 1 is 1.23 bits per heavy atom. The molecule has 3 rings (SSSR count). The lowest BCUT2D eigenvalue weighted by Gasteiger charge is -2.26. The zero-order valence-corrected chi connectivity index (χ0v) is 13.2. The maximum Gasteiger partial charge on any atom is 0.0843 e. The molecule has 2 N–H and O–H groups in total. The zero-order valence-electron chi connectivity index (χ0n) is 13.2. The number of aromatic nitrogens is 1. The molecule has 1 aliphatic heterocycles. The summed E-state index contributed by atoms with van der Waals surface area (Å²) in [6.07, 6.45) is 5.50. The molecular weight excluding hydrogens is 272 g/mol. The predicted octanol–water partition coefficient (Wildman–Crippen LogP) is 3.35. The van der Waals surface area contributed by atoms with Gasteiger partial charge in [-0.05, 0) is 55.6 Å². The molecule has 0 saturated carbocycles. The van der Waals surface area contributed by atoms with Gasteiger partial charge >= 0.3 is 0 Å². The Kier molecular flexibility index (Phi) is 4.20. The first-order valence-corrected chi connectivity index (χ1v) is 7.72. The number of pyridine rings is 1. The first-order chi connectivity index (χ1) is 10.7. The molecule has 0 radical (unpaired) electrons.